The zero-order valence-electron chi connectivity index (χ0n) is 16.2. The number of rotatable bonds is 7. The Bertz CT molecular complexity index is 1060. The van der Waals surface area contributed by atoms with E-state index in [1.54, 1.807) is 39.2 Å². The first-order valence-electron chi connectivity index (χ1n) is 8.59. The van der Waals surface area contributed by atoms with Gasteiger partial charge in [-0.3, -0.25) is 4.79 Å². The van der Waals surface area contributed by atoms with Crippen molar-refractivity contribution in [2.75, 3.05) is 34.2 Å². The highest BCUT2D eigenvalue weighted by atomic mass is 32.2. The molecule has 0 aliphatic rings. The number of thiazole rings is 1. The van der Waals surface area contributed by atoms with Gasteiger partial charge in [0.15, 0.2) is 4.80 Å². The summed E-state index contributed by atoms with van der Waals surface area (Å²) in [4.78, 5) is 18.8. The van der Waals surface area contributed by atoms with Gasteiger partial charge in [0.25, 0.3) is 5.91 Å². The van der Waals surface area contributed by atoms with E-state index >= 15 is 0 Å². The zero-order valence-corrected chi connectivity index (χ0v) is 17.9. The van der Waals surface area contributed by atoms with Crippen LogP contribution in [0.3, 0.4) is 0 Å². The highest BCUT2D eigenvalue weighted by Crippen LogP contribution is 2.35. The van der Waals surface area contributed by atoms with Crippen LogP contribution in [0.4, 0.5) is 0 Å². The largest absolute Gasteiger partial charge is 0.495 e. The highest BCUT2D eigenvalue weighted by Gasteiger charge is 2.17. The Morgan fingerprint density at radius 3 is 2.57 bits per heavy atom. The van der Waals surface area contributed by atoms with Gasteiger partial charge in [-0.25, -0.2) is 0 Å². The predicted octanol–water partition coefficient (Wildman–Crippen LogP) is 3.83. The lowest BCUT2D eigenvalue weighted by molar-refractivity contribution is 0.0997. The fourth-order valence-electron chi connectivity index (χ4n) is 2.84. The van der Waals surface area contributed by atoms with Crippen LogP contribution in [0.1, 0.15) is 10.4 Å². The van der Waals surface area contributed by atoms with Crippen molar-refractivity contribution in [2.45, 2.75) is 11.4 Å². The monoisotopic (exact) mass is 418 g/mol. The van der Waals surface area contributed by atoms with Crippen molar-refractivity contribution in [1.29, 1.82) is 0 Å². The summed E-state index contributed by atoms with van der Waals surface area (Å²) in [5.41, 5.74) is 1.40. The normalized spacial score (nSPS) is 11.8. The van der Waals surface area contributed by atoms with Crippen LogP contribution in [0, 0.1) is 0 Å². The highest BCUT2D eigenvalue weighted by molar-refractivity contribution is 7.98. The van der Waals surface area contributed by atoms with Gasteiger partial charge in [0.2, 0.25) is 0 Å². The number of thioether (sulfide) groups is 1. The number of hydrogen-bond acceptors (Lipinski definition) is 6. The molecule has 0 unspecified atom stereocenters. The van der Waals surface area contributed by atoms with E-state index in [1.807, 2.05) is 41.2 Å². The van der Waals surface area contributed by atoms with E-state index in [-0.39, 0.29) is 5.91 Å². The van der Waals surface area contributed by atoms with Gasteiger partial charge in [0.1, 0.15) is 21.7 Å². The topological polar surface area (TPSA) is 62.1 Å². The zero-order chi connectivity index (χ0) is 20.1. The van der Waals surface area contributed by atoms with Gasteiger partial charge in [-0.2, -0.15) is 4.99 Å². The third-order valence-corrected chi connectivity index (χ3v) is 6.04. The molecule has 0 aliphatic heterocycles. The molecule has 3 rings (SSSR count). The molecular weight excluding hydrogens is 396 g/mol. The molecule has 0 saturated carbocycles. The SMILES string of the molecule is COCCn1c(=NC(=O)c2cccc(SC)c2)sc2c(OC)ccc(OC)c21. The summed E-state index contributed by atoms with van der Waals surface area (Å²) in [6.07, 6.45) is 1.98. The number of hydrogen-bond donors (Lipinski definition) is 0. The Kier molecular flexibility index (Phi) is 6.77. The number of benzene rings is 2. The van der Waals surface area contributed by atoms with Crippen LogP contribution in [0.2, 0.25) is 0 Å². The third kappa shape index (κ3) is 4.09. The minimum absolute atomic E-state index is 0.286. The van der Waals surface area contributed by atoms with Gasteiger partial charge >= 0.3 is 0 Å². The molecule has 1 heterocycles. The summed E-state index contributed by atoms with van der Waals surface area (Å²) in [6, 6.07) is 11.2. The molecule has 2 aromatic carbocycles. The summed E-state index contributed by atoms with van der Waals surface area (Å²) in [5.74, 6) is 1.12. The molecule has 148 valence electrons. The summed E-state index contributed by atoms with van der Waals surface area (Å²) in [6.45, 7) is 1.02. The molecule has 0 N–H and O–H groups in total. The van der Waals surface area contributed by atoms with Crippen LogP contribution in [0.5, 0.6) is 11.5 Å². The maximum absolute atomic E-state index is 12.8. The number of ether oxygens (including phenoxy) is 3. The Morgan fingerprint density at radius 2 is 1.89 bits per heavy atom. The lowest BCUT2D eigenvalue weighted by Gasteiger charge is -2.09. The molecule has 6 nitrogen and oxygen atoms in total. The number of aromatic nitrogens is 1. The summed E-state index contributed by atoms with van der Waals surface area (Å²) in [7, 11) is 4.88. The fraction of sp³-hybridized carbons (Fsp3) is 0.300. The maximum atomic E-state index is 12.8. The summed E-state index contributed by atoms with van der Waals surface area (Å²) in [5, 5.41) is 0. The Morgan fingerprint density at radius 1 is 1.14 bits per heavy atom. The molecule has 0 fully saturated rings. The van der Waals surface area contributed by atoms with E-state index < -0.39 is 0 Å². The molecule has 1 amide bonds. The van der Waals surface area contributed by atoms with Gasteiger partial charge in [-0.1, -0.05) is 17.4 Å². The van der Waals surface area contributed by atoms with E-state index in [4.69, 9.17) is 14.2 Å². The predicted molar refractivity (Wildman–Crippen MR) is 113 cm³/mol. The fourth-order valence-corrected chi connectivity index (χ4v) is 4.46. The lowest BCUT2D eigenvalue weighted by atomic mass is 10.2. The molecule has 0 radical (unpaired) electrons. The molecule has 0 bridgehead atoms. The molecule has 8 heteroatoms. The summed E-state index contributed by atoms with van der Waals surface area (Å²) < 4.78 is 19.1. The molecule has 0 saturated heterocycles. The number of fused-ring (bicyclic) bond motifs is 1. The molecule has 3 aromatic rings. The number of nitrogens with zero attached hydrogens (tertiary/aromatic N) is 2. The van der Waals surface area contributed by atoms with Crippen LogP contribution in [-0.2, 0) is 11.3 Å². The van der Waals surface area contributed by atoms with Crippen molar-refractivity contribution < 1.29 is 19.0 Å². The van der Waals surface area contributed by atoms with Crippen molar-refractivity contribution in [3.05, 3.63) is 46.8 Å². The van der Waals surface area contributed by atoms with Crippen molar-refractivity contribution in [3.63, 3.8) is 0 Å². The second-order valence-electron chi connectivity index (χ2n) is 5.83. The number of carbonyl (C=O) groups is 1. The molecule has 0 atom stereocenters. The van der Waals surface area contributed by atoms with Gasteiger partial charge in [-0.15, -0.1) is 11.8 Å². The first-order chi connectivity index (χ1) is 13.6. The first-order valence-corrected chi connectivity index (χ1v) is 10.6. The van der Waals surface area contributed by atoms with E-state index in [0.29, 0.717) is 35.0 Å². The van der Waals surface area contributed by atoms with Crippen LogP contribution in [-0.4, -0.2) is 44.7 Å². The molecule has 0 spiro atoms. The third-order valence-electron chi connectivity index (χ3n) is 4.23. The van der Waals surface area contributed by atoms with Crippen molar-refractivity contribution >= 4 is 39.2 Å². The molecular formula is C20H22N2O4S2. The van der Waals surface area contributed by atoms with Crippen molar-refractivity contribution in [3.8, 4) is 11.5 Å². The van der Waals surface area contributed by atoms with Gasteiger partial charge in [0.05, 0.1) is 20.8 Å². The van der Waals surface area contributed by atoms with Crippen LogP contribution in [0.15, 0.2) is 46.3 Å². The number of amides is 1. The van der Waals surface area contributed by atoms with Gasteiger partial charge in [0, 0.05) is 24.1 Å². The first kappa shape index (κ1) is 20.4. The van der Waals surface area contributed by atoms with Crippen LogP contribution in [0.25, 0.3) is 10.2 Å². The minimum Gasteiger partial charge on any atom is -0.495 e. The van der Waals surface area contributed by atoms with Crippen molar-refractivity contribution in [1.82, 2.24) is 4.57 Å². The Labute approximate surface area is 171 Å². The Balaban J connectivity index is 2.20. The minimum atomic E-state index is -0.286. The molecule has 28 heavy (non-hydrogen) atoms. The number of methoxy groups -OCH3 is 3. The van der Waals surface area contributed by atoms with Gasteiger partial charge < -0.3 is 18.8 Å². The van der Waals surface area contributed by atoms with Gasteiger partial charge in [-0.05, 0) is 36.6 Å². The van der Waals surface area contributed by atoms with E-state index in [2.05, 4.69) is 4.99 Å². The van der Waals surface area contributed by atoms with E-state index in [0.717, 1.165) is 15.1 Å². The quantitative estimate of drug-likeness (QED) is 0.546. The van der Waals surface area contributed by atoms with E-state index in [1.165, 1.54) is 11.3 Å². The lowest BCUT2D eigenvalue weighted by Crippen LogP contribution is -2.19. The maximum Gasteiger partial charge on any atom is 0.279 e. The van der Waals surface area contributed by atoms with Crippen LogP contribution >= 0.6 is 23.1 Å². The average Bonchev–Trinajstić information content (AvgIpc) is 3.09. The van der Waals surface area contributed by atoms with E-state index in [9.17, 15) is 4.79 Å². The van der Waals surface area contributed by atoms with Crippen LogP contribution < -0.4 is 14.3 Å². The average molecular weight is 419 g/mol. The van der Waals surface area contributed by atoms with Crippen molar-refractivity contribution in [2.24, 2.45) is 4.99 Å². The summed E-state index contributed by atoms with van der Waals surface area (Å²) >= 11 is 2.99. The second kappa shape index (κ2) is 9.27. The second-order valence-corrected chi connectivity index (χ2v) is 7.68. The standard InChI is InChI=1S/C20H22N2O4S2/c1-24-11-10-22-17-15(25-2)8-9-16(26-3)18(17)28-20(22)21-19(23)13-6-5-7-14(12-13)27-4/h5-9,12H,10-11H2,1-4H3. The molecule has 0 aliphatic carbocycles. The number of carbonyl (C=O) groups excluding carboxylic acids is 1. The Hall–Kier alpha value is -2.29. The smallest absolute Gasteiger partial charge is 0.279 e. The molecule has 1 aromatic heterocycles.